The van der Waals surface area contributed by atoms with Crippen molar-refractivity contribution in [3.63, 3.8) is 0 Å². The highest BCUT2D eigenvalue weighted by molar-refractivity contribution is 4.94. The number of aliphatic hydroxyl groups is 1. The standard InChI is InChI=1S/C17H33NO/c1-3-12-18-13-7-10-17(19,11-14-18)16-9-6-5-8-15(16)4-2/h15-16,19H,3-14H2,1-2H3. The van der Waals surface area contributed by atoms with Gasteiger partial charge in [0.25, 0.3) is 0 Å². The van der Waals surface area contributed by atoms with Gasteiger partial charge in [0.15, 0.2) is 0 Å². The highest BCUT2D eigenvalue weighted by Gasteiger charge is 2.42. The molecule has 2 nitrogen and oxygen atoms in total. The second-order valence-electron chi connectivity index (χ2n) is 6.86. The first-order valence-electron chi connectivity index (χ1n) is 8.64. The van der Waals surface area contributed by atoms with E-state index in [0.717, 1.165) is 25.3 Å². The molecule has 0 aromatic rings. The molecule has 0 bridgehead atoms. The van der Waals surface area contributed by atoms with E-state index in [0.29, 0.717) is 5.92 Å². The van der Waals surface area contributed by atoms with Gasteiger partial charge in [0.2, 0.25) is 0 Å². The van der Waals surface area contributed by atoms with Crippen molar-refractivity contribution in [2.24, 2.45) is 11.8 Å². The molecule has 1 saturated heterocycles. The van der Waals surface area contributed by atoms with E-state index in [2.05, 4.69) is 18.7 Å². The minimum absolute atomic E-state index is 0.358. The molecular formula is C17H33NO. The quantitative estimate of drug-likeness (QED) is 0.837. The molecule has 0 radical (unpaired) electrons. The fourth-order valence-corrected chi connectivity index (χ4v) is 4.51. The van der Waals surface area contributed by atoms with Crippen LogP contribution in [0.5, 0.6) is 0 Å². The van der Waals surface area contributed by atoms with Gasteiger partial charge in [0.05, 0.1) is 5.60 Å². The van der Waals surface area contributed by atoms with Gasteiger partial charge in [-0.2, -0.15) is 0 Å². The van der Waals surface area contributed by atoms with Crippen molar-refractivity contribution in [1.29, 1.82) is 0 Å². The zero-order valence-electron chi connectivity index (χ0n) is 13.0. The largest absolute Gasteiger partial charge is 0.390 e. The fourth-order valence-electron chi connectivity index (χ4n) is 4.51. The van der Waals surface area contributed by atoms with Gasteiger partial charge in [-0.15, -0.1) is 0 Å². The molecular weight excluding hydrogens is 234 g/mol. The number of hydrogen-bond donors (Lipinski definition) is 1. The van der Waals surface area contributed by atoms with Crippen LogP contribution in [-0.4, -0.2) is 35.2 Å². The zero-order chi connectivity index (χ0) is 13.7. The summed E-state index contributed by atoms with van der Waals surface area (Å²) in [6, 6.07) is 0. The summed E-state index contributed by atoms with van der Waals surface area (Å²) >= 11 is 0. The lowest BCUT2D eigenvalue weighted by atomic mass is 9.67. The van der Waals surface area contributed by atoms with Crippen molar-refractivity contribution in [1.82, 2.24) is 4.90 Å². The second kappa shape index (κ2) is 7.08. The third-order valence-corrected chi connectivity index (χ3v) is 5.61. The van der Waals surface area contributed by atoms with E-state index in [9.17, 15) is 5.11 Å². The van der Waals surface area contributed by atoms with Crippen LogP contribution < -0.4 is 0 Å². The molecule has 19 heavy (non-hydrogen) atoms. The maximum Gasteiger partial charge on any atom is 0.0691 e. The summed E-state index contributed by atoms with van der Waals surface area (Å²) < 4.78 is 0. The minimum atomic E-state index is -0.358. The molecule has 112 valence electrons. The predicted octanol–water partition coefficient (Wildman–Crippen LogP) is 3.83. The average Bonchev–Trinajstić information content (AvgIpc) is 2.63. The van der Waals surface area contributed by atoms with E-state index in [4.69, 9.17) is 0 Å². The van der Waals surface area contributed by atoms with Gasteiger partial charge in [-0.25, -0.2) is 0 Å². The summed E-state index contributed by atoms with van der Waals surface area (Å²) in [6.07, 6.45) is 11.1. The summed E-state index contributed by atoms with van der Waals surface area (Å²) in [5.74, 6) is 1.35. The lowest BCUT2D eigenvalue weighted by molar-refractivity contribution is -0.0682. The van der Waals surface area contributed by atoms with Crippen LogP contribution in [-0.2, 0) is 0 Å². The summed E-state index contributed by atoms with van der Waals surface area (Å²) in [6.45, 7) is 8.08. The average molecular weight is 267 g/mol. The Bertz CT molecular complexity index is 268. The van der Waals surface area contributed by atoms with E-state index < -0.39 is 0 Å². The second-order valence-corrected chi connectivity index (χ2v) is 6.86. The molecule has 1 saturated carbocycles. The van der Waals surface area contributed by atoms with Crippen molar-refractivity contribution in [2.45, 2.75) is 77.2 Å². The van der Waals surface area contributed by atoms with Crippen LogP contribution >= 0.6 is 0 Å². The Balaban J connectivity index is 2.00. The molecule has 0 aromatic carbocycles. The Hall–Kier alpha value is -0.0800. The van der Waals surface area contributed by atoms with E-state index >= 15 is 0 Å². The van der Waals surface area contributed by atoms with Crippen molar-refractivity contribution in [2.75, 3.05) is 19.6 Å². The Kier molecular flexibility index (Phi) is 5.70. The highest BCUT2D eigenvalue weighted by Crippen LogP contribution is 2.43. The first-order valence-corrected chi connectivity index (χ1v) is 8.64. The lowest BCUT2D eigenvalue weighted by Crippen LogP contribution is -2.44. The van der Waals surface area contributed by atoms with E-state index in [-0.39, 0.29) is 5.60 Å². The van der Waals surface area contributed by atoms with Gasteiger partial charge < -0.3 is 10.0 Å². The van der Waals surface area contributed by atoms with Crippen LogP contribution in [0.25, 0.3) is 0 Å². The van der Waals surface area contributed by atoms with Crippen LogP contribution in [0.3, 0.4) is 0 Å². The van der Waals surface area contributed by atoms with E-state index in [1.807, 2.05) is 0 Å². The molecule has 2 aliphatic rings. The van der Waals surface area contributed by atoms with E-state index in [1.165, 1.54) is 58.0 Å². The van der Waals surface area contributed by atoms with Gasteiger partial charge in [0.1, 0.15) is 0 Å². The van der Waals surface area contributed by atoms with Crippen molar-refractivity contribution in [3.8, 4) is 0 Å². The van der Waals surface area contributed by atoms with Crippen LogP contribution in [0.15, 0.2) is 0 Å². The summed E-state index contributed by atoms with van der Waals surface area (Å²) in [5.41, 5.74) is -0.358. The Morgan fingerprint density at radius 1 is 1.05 bits per heavy atom. The minimum Gasteiger partial charge on any atom is -0.390 e. The van der Waals surface area contributed by atoms with Crippen molar-refractivity contribution < 1.29 is 5.11 Å². The van der Waals surface area contributed by atoms with Crippen LogP contribution in [0.2, 0.25) is 0 Å². The SMILES string of the molecule is CCCN1CCCC(O)(C2CCCCC2CC)CC1. The predicted molar refractivity (Wildman–Crippen MR) is 81.3 cm³/mol. The normalized spacial score (nSPS) is 38.1. The summed E-state index contributed by atoms with van der Waals surface area (Å²) in [5, 5.41) is 11.2. The van der Waals surface area contributed by atoms with Gasteiger partial charge in [-0.1, -0.05) is 39.5 Å². The van der Waals surface area contributed by atoms with Crippen LogP contribution in [0.1, 0.15) is 71.6 Å². The van der Waals surface area contributed by atoms with Crippen molar-refractivity contribution in [3.05, 3.63) is 0 Å². The maximum atomic E-state index is 11.2. The molecule has 1 heterocycles. The smallest absolute Gasteiger partial charge is 0.0691 e. The molecule has 2 rings (SSSR count). The molecule has 2 heteroatoms. The van der Waals surface area contributed by atoms with Crippen LogP contribution in [0.4, 0.5) is 0 Å². The third kappa shape index (κ3) is 3.72. The Labute approximate surface area is 119 Å². The number of nitrogens with zero attached hydrogens (tertiary/aromatic N) is 1. The van der Waals surface area contributed by atoms with Gasteiger partial charge in [-0.3, -0.25) is 0 Å². The maximum absolute atomic E-state index is 11.2. The number of rotatable bonds is 4. The third-order valence-electron chi connectivity index (χ3n) is 5.61. The summed E-state index contributed by atoms with van der Waals surface area (Å²) in [7, 11) is 0. The Morgan fingerprint density at radius 2 is 1.84 bits per heavy atom. The number of hydrogen-bond acceptors (Lipinski definition) is 2. The molecule has 1 aliphatic carbocycles. The molecule has 0 amide bonds. The molecule has 1 N–H and O–H groups in total. The molecule has 3 atom stereocenters. The topological polar surface area (TPSA) is 23.5 Å². The van der Waals surface area contributed by atoms with E-state index in [1.54, 1.807) is 0 Å². The van der Waals surface area contributed by atoms with Crippen LogP contribution in [0, 0.1) is 11.8 Å². The van der Waals surface area contributed by atoms with Gasteiger partial charge in [-0.05, 0) is 57.0 Å². The fraction of sp³-hybridized carbons (Fsp3) is 1.00. The monoisotopic (exact) mass is 267 g/mol. The summed E-state index contributed by atoms with van der Waals surface area (Å²) in [4.78, 5) is 2.56. The zero-order valence-corrected chi connectivity index (χ0v) is 13.0. The molecule has 3 unspecified atom stereocenters. The molecule has 1 aliphatic heterocycles. The first kappa shape index (κ1) is 15.3. The lowest BCUT2D eigenvalue weighted by Gasteiger charge is -2.43. The molecule has 0 aromatic heterocycles. The highest BCUT2D eigenvalue weighted by atomic mass is 16.3. The Morgan fingerprint density at radius 3 is 2.58 bits per heavy atom. The number of likely N-dealkylation sites (tertiary alicyclic amines) is 1. The van der Waals surface area contributed by atoms with Gasteiger partial charge >= 0.3 is 0 Å². The van der Waals surface area contributed by atoms with Crippen molar-refractivity contribution >= 4 is 0 Å². The first-order chi connectivity index (χ1) is 9.19. The molecule has 2 fully saturated rings. The van der Waals surface area contributed by atoms with Gasteiger partial charge in [0, 0.05) is 6.54 Å². The molecule has 0 spiro atoms.